The highest BCUT2D eigenvalue weighted by Crippen LogP contribution is 2.32. The molecule has 33 heavy (non-hydrogen) atoms. The number of rotatable bonds is 6. The van der Waals surface area contributed by atoms with Crippen LogP contribution in [-0.2, 0) is 4.74 Å². The zero-order chi connectivity index (χ0) is 22.6. The molecule has 1 amide bonds. The van der Waals surface area contributed by atoms with Gasteiger partial charge >= 0.3 is 0 Å². The van der Waals surface area contributed by atoms with Gasteiger partial charge in [-0.1, -0.05) is 18.2 Å². The second kappa shape index (κ2) is 9.99. The lowest BCUT2D eigenvalue weighted by atomic mass is 10.1. The third-order valence-electron chi connectivity index (χ3n) is 6.31. The van der Waals surface area contributed by atoms with E-state index in [1.54, 1.807) is 24.4 Å². The summed E-state index contributed by atoms with van der Waals surface area (Å²) in [4.78, 5) is 22.7. The largest absolute Gasteiger partial charge is 0.506 e. The molecule has 3 heterocycles. The van der Waals surface area contributed by atoms with E-state index in [9.17, 15) is 9.90 Å². The Morgan fingerprint density at radius 2 is 2.00 bits per heavy atom. The predicted molar refractivity (Wildman–Crippen MR) is 131 cm³/mol. The highest BCUT2D eigenvalue weighted by atomic mass is 32.2. The molecule has 2 fully saturated rings. The fourth-order valence-corrected chi connectivity index (χ4v) is 5.23. The Balaban J connectivity index is 1.18. The summed E-state index contributed by atoms with van der Waals surface area (Å²) in [6.45, 7) is 5.94. The molecule has 7 nitrogen and oxygen atoms in total. The first kappa shape index (κ1) is 22.0. The standard InChI is InChI=1S/C25H28N4O3S/c30-22-15-20(25(31)29-12-10-28(11-13-29)16-18-8-14-32-17-18)6-7-21(22)27-33-23-5-1-3-19-4-2-9-26-24(19)23/h1-7,9,15,18,27,30H,8,10-14,16-17H2. The molecule has 2 aliphatic heterocycles. The van der Waals surface area contributed by atoms with Gasteiger partial charge in [0, 0.05) is 56.5 Å². The lowest BCUT2D eigenvalue weighted by molar-refractivity contribution is 0.0611. The van der Waals surface area contributed by atoms with Gasteiger partial charge in [0.1, 0.15) is 5.75 Å². The molecule has 8 heteroatoms. The molecule has 5 rings (SSSR count). The number of phenols is 1. The number of aromatic nitrogens is 1. The number of aromatic hydroxyl groups is 1. The van der Waals surface area contributed by atoms with Gasteiger partial charge in [0.15, 0.2) is 0 Å². The second-order valence-corrected chi connectivity index (χ2v) is 9.44. The van der Waals surface area contributed by atoms with E-state index in [-0.39, 0.29) is 11.7 Å². The number of phenolic OH excluding ortho intramolecular Hbond substituents is 1. The van der Waals surface area contributed by atoms with E-state index < -0.39 is 0 Å². The number of hydrogen-bond donors (Lipinski definition) is 2. The monoisotopic (exact) mass is 464 g/mol. The van der Waals surface area contributed by atoms with Gasteiger partial charge in [0.2, 0.25) is 0 Å². The number of nitrogens with one attached hydrogen (secondary N) is 1. The quantitative estimate of drug-likeness (QED) is 0.424. The minimum atomic E-state index is -0.0355. The Morgan fingerprint density at radius 1 is 1.15 bits per heavy atom. The van der Waals surface area contributed by atoms with Gasteiger partial charge in [-0.15, -0.1) is 0 Å². The molecule has 0 aliphatic carbocycles. The van der Waals surface area contributed by atoms with Gasteiger partial charge in [0.25, 0.3) is 5.91 Å². The normalized spacial score (nSPS) is 19.2. The van der Waals surface area contributed by atoms with E-state index >= 15 is 0 Å². The van der Waals surface area contributed by atoms with E-state index in [4.69, 9.17) is 4.74 Å². The van der Waals surface area contributed by atoms with Crippen LogP contribution < -0.4 is 4.72 Å². The van der Waals surface area contributed by atoms with Gasteiger partial charge in [-0.25, -0.2) is 0 Å². The third-order valence-corrected chi connectivity index (χ3v) is 7.18. The van der Waals surface area contributed by atoms with E-state index in [2.05, 4.69) is 14.6 Å². The number of fused-ring (bicyclic) bond motifs is 1. The number of pyridine rings is 1. The molecule has 1 aromatic heterocycles. The average Bonchev–Trinajstić information content (AvgIpc) is 3.36. The first-order chi connectivity index (χ1) is 16.2. The first-order valence-corrected chi connectivity index (χ1v) is 12.2. The predicted octanol–water partition coefficient (Wildman–Crippen LogP) is 3.85. The van der Waals surface area contributed by atoms with Crippen molar-refractivity contribution in [3.05, 3.63) is 60.3 Å². The van der Waals surface area contributed by atoms with Crippen LogP contribution in [0.25, 0.3) is 10.9 Å². The molecule has 3 aromatic rings. The minimum absolute atomic E-state index is 0.0355. The van der Waals surface area contributed by atoms with Crippen LogP contribution in [0.15, 0.2) is 59.6 Å². The van der Waals surface area contributed by atoms with Gasteiger partial charge in [-0.2, -0.15) is 0 Å². The molecular formula is C25H28N4O3S. The molecular weight excluding hydrogens is 436 g/mol. The summed E-state index contributed by atoms with van der Waals surface area (Å²) in [7, 11) is 0. The smallest absolute Gasteiger partial charge is 0.254 e. The van der Waals surface area contributed by atoms with E-state index in [0.717, 1.165) is 55.1 Å². The van der Waals surface area contributed by atoms with Crippen molar-refractivity contribution < 1.29 is 14.6 Å². The van der Waals surface area contributed by atoms with Crippen molar-refractivity contribution >= 4 is 34.4 Å². The van der Waals surface area contributed by atoms with E-state index in [1.807, 2.05) is 35.2 Å². The molecule has 172 valence electrons. The molecule has 1 unspecified atom stereocenters. The van der Waals surface area contributed by atoms with Crippen molar-refractivity contribution in [2.75, 3.05) is 50.7 Å². The first-order valence-electron chi connectivity index (χ1n) is 11.4. The minimum Gasteiger partial charge on any atom is -0.506 e. The Kier molecular flexibility index (Phi) is 6.66. The van der Waals surface area contributed by atoms with Crippen LogP contribution in [-0.4, -0.2) is 71.7 Å². The zero-order valence-electron chi connectivity index (χ0n) is 18.4. The Bertz CT molecular complexity index is 1120. The summed E-state index contributed by atoms with van der Waals surface area (Å²) < 4.78 is 8.67. The zero-order valence-corrected chi connectivity index (χ0v) is 19.3. The summed E-state index contributed by atoms with van der Waals surface area (Å²) in [6, 6.07) is 15.0. The average molecular weight is 465 g/mol. The Morgan fingerprint density at radius 3 is 2.79 bits per heavy atom. The molecule has 2 aliphatic rings. The lowest BCUT2D eigenvalue weighted by Gasteiger charge is -2.35. The van der Waals surface area contributed by atoms with Crippen molar-refractivity contribution in [2.24, 2.45) is 5.92 Å². The van der Waals surface area contributed by atoms with Crippen molar-refractivity contribution in [1.29, 1.82) is 0 Å². The maximum Gasteiger partial charge on any atom is 0.254 e. The molecule has 0 bridgehead atoms. The number of hydrogen-bond acceptors (Lipinski definition) is 7. The highest BCUT2D eigenvalue weighted by Gasteiger charge is 2.25. The van der Waals surface area contributed by atoms with Gasteiger partial charge in [-0.05, 0) is 54.6 Å². The number of amides is 1. The number of piperazine rings is 1. The fraction of sp³-hybridized carbons (Fsp3) is 0.360. The molecule has 1 atom stereocenters. The van der Waals surface area contributed by atoms with Crippen LogP contribution in [0.3, 0.4) is 0 Å². The number of anilines is 1. The van der Waals surface area contributed by atoms with Crippen LogP contribution in [0.1, 0.15) is 16.8 Å². The Hall–Kier alpha value is -2.81. The van der Waals surface area contributed by atoms with Gasteiger partial charge in [0.05, 0.1) is 22.7 Å². The van der Waals surface area contributed by atoms with Crippen LogP contribution in [0.5, 0.6) is 5.75 Å². The third kappa shape index (κ3) is 5.08. The Labute approximate surface area is 197 Å². The highest BCUT2D eigenvalue weighted by molar-refractivity contribution is 8.00. The summed E-state index contributed by atoms with van der Waals surface area (Å²) in [5, 5.41) is 11.6. The molecule has 0 radical (unpaired) electrons. The number of ether oxygens (including phenoxy) is 1. The molecule has 0 spiro atoms. The second-order valence-electron chi connectivity index (χ2n) is 8.59. The molecule has 2 aromatic carbocycles. The summed E-state index contributed by atoms with van der Waals surface area (Å²) in [6.07, 6.45) is 2.90. The summed E-state index contributed by atoms with van der Waals surface area (Å²) in [5.41, 5.74) is 1.98. The number of para-hydroxylation sites is 1. The van der Waals surface area contributed by atoms with Crippen LogP contribution in [0.4, 0.5) is 5.69 Å². The van der Waals surface area contributed by atoms with E-state index in [0.29, 0.717) is 30.3 Å². The number of carbonyl (C=O) groups excluding carboxylic acids is 1. The van der Waals surface area contributed by atoms with Crippen molar-refractivity contribution in [3.63, 3.8) is 0 Å². The van der Waals surface area contributed by atoms with Crippen molar-refractivity contribution in [3.8, 4) is 5.75 Å². The maximum atomic E-state index is 13.0. The summed E-state index contributed by atoms with van der Waals surface area (Å²) >= 11 is 1.39. The number of nitrogens with zero attached hydrogens (tertiary/aromatic N) is 3. The lowest BCUT2D eigenvalue weighted by Crippen LogP contribution is -2.49. The molecule has 2 N–H and O–H groups in total. The molecule has 2 saturated heterocycles. The van der Waals surface area contributed by atoms with Crippen LogP contribution in [0.2, 0.25) is 0 Å². The summed E-state index contributed by atoms with van der Waals surface area (Å²) in [5.74, 6) is 0.639. The van der Waals surface area contributed by atoms with Gasteiger partial charge in [-0.3, -0.25) is 14.7 Å². The fourth-order valence-electron chi connectivity index (χ4n) is 4.43. The van der Waals surface area contributed by atoms with Gasteiger partial charge < -0.3 is 19.5 Å². The topological polar surface area (TPSA) is 77.9 Å². The number of benzene rings is 2. The SMILES string of the molecule is O=C(c1ccc(NSc2cccc3cccnc23)c(O)c1)N1CCN(CC2CCOC2)CC1. The maximum absolute atomic E-state index is 13.0. The number of carbonyl (C=O) groups is 1. The van der Waals surface area contributed by atoms with Crippen LogP contribution >= 0.6 is 11.9 Å². The van der Waals surface area contributed by atoms with E-state index in [1.165, 1.54) is 11.9 Å². The van der Waals surface area contributed by atoms with Crippen LogP contribution in [0, 0.1) is 5.92 Å². The van der Waals surface area contributed by atoms with Crippen molar-refractivity contribution in [2.45, 2.75) is 11.3 Å². The van der Waals surface area contributed by atoms with Crippen molar-refractivity contribution in [1.82, 2.24) is 14.8 Å². The molecule has 0 saturated carbocycles.